The fraction of sp³-hybridized carbons (Fsp3) is 0.611. The van der Waals surface area contributed by atoms with Crippen molar-refractivity contribution in [3.8, 4) is 5.75 Å². The molecule has 132 valence electrons. The Labute approximate surface area is 153 Å². The van der Waals surface area contributed by atoms with E-state index in [-0.39, 0.29) is 18.7 Å². The second kappa shape index (κ2) is 8.97. The molecule has 2 heterocycles. The Hall–Kier alpha value is -0.910. The Bertz CT molecular complexity index is 528. The molecular weight excluding hydrogens is 344 g/mol. The van der Waals surface area contributed by atoms with Gasteiger partial charge in [0.2, 0.25) is 0 Å². The maximum atomic E-state index is 12.8. The number of amides is 1. The summed E-state index contributed by atoms with van der Waals surface area (Å²) >= 11 is 7.87. The van der Waals surface area contributed by atoms with E-state index in [1.807, 2.05) is 16.7 Å². The predicted molar refractivity (Wildman–Crippen MR) is 99.8 cm³/mol. The summed E-state index contributed by atoms with van der Waals surface area (Å²) in [7, 11) is 0. The predicted octanol–water partition coefficient (Wildman–Crippen LogP) is 3.54. The fourth-order valence-corrected chi connectivity index (χ4v) is 4.66. The van der Waals surface area contributed by atoms with Crippen LogP contribution in [0.2, 0.25) is 5.02 Å². The third kappa shape index (κ3) is 5.04. The highest BCUT2D eigenvalue weighted by Gasteiger charge is 2.29. The molecule has 0 aromatic heterocycles. The summed E-state index contributed by atoms with van der Waals surface area (Å²) in [6.07, 6.45) is 6.02. The Balaban J connectivity index is 1.59. The van der Waals surface area contributed by atoms with Crippen LogP contribution in [-0.4, -0.2) is 47.7 Å². The summed E-state index contributed by atoms with van der Waals surface area (Å²) < 4.78 is 5.67. The highest BCUT2D eigenvalue weighted by Crippen LogP contribution is 2.28. The van der Waals surface area contributed by atoms with Crippen LogP contribution in [0.15, 0.2) is 24.3 Å². The quantitative estimate of drug-likeness (QED) is 0.833. The first-order chi connectivity index (χ1) is 11.7. The van der Waals surface area contributed by atoms with Gasteiger partial charge < -0.3 is 9.64 Å². The largest absolute Gasteiger partial charge is 0.484 e. The third-order valence-electron chi connectivity index (χ3n) is 4.58. The lowest BCUT2D eigenvalue weighted by Crippen LogP contribution is -2.53. The van der Waals surface area contributed by atoms with Gasteiger partial charge in [0.1, 0.15) is 5.75 Å². The summed E-state index contributed by atoms with van der Waals surface area (Å²) in [6, 6.07) is 7.14. The zero-order valence-electron chi connectivity index (χ0n) is 13.9. The number of hydrogen-bond acceptors (Lipinski definition) is 4. The number of ether oxygens (including phenoxy) is 1. The molecule has 0 aliphatic carbocycles. The van der Waals surface area contributed by atoms with Gasteiger partial charge in [-0.3, -0.25) is 10.1 Å². The van der Waals surface area contributed by atoms with Crippen molar-refractivity contribution in [2.45, 2.75) is 43.5 Å². The van der Waals surface area contributed by atoms with Gasteiger partial charge in [-0.05, 0) is 68.7 Å². The lowest BCUT2D eigenvalue weighted by atomic mass is 10.1. The van der Waals surface area contributed by atoms with E-state index in [2.05, 4.69) is 5.32 Å². The van der Waals surface area contributed by atoms with Crippen molar-refractivity contribution in [3.05, 3.63) is 29.3 Å². The number of thioether (sulfide) groups is 1. The Kier molecular flexibility index (Phi) is 6.69. The first kappa shape index (κ1) is 17.9. The Morgan fingerprint density at radius 1 is 1.25 bits per heavy atom. The summed E-state index contributed by atoms with van der Waals surface area (Å²) in [5.41, 5.74) is 0. The van der Waals surface area contributed by atoms with E-state index in [1.165, 1.54) is 31.4 Å². The van der Waals surface area contributed by atoms with Gasteiger partial charge in [0.15, 0.2) is 6.61 Å². The minimum Gasteiger partial charge on any atom is -0.484 e. The van der Waals surface area contributed by atoms with E-state index in [0.29, 0.717) is 16.0 Å². The van der Waals surface area contributed by atoms with Crippen molar-refractivity contribution in [3.63, 3.8) is 0 Å². The van der Waals surface area contributed by atoms with Gasteiger partial charge in [-0.2, -0.15) is 11.8 Å². The normalized spacial score (nSPS) is 23.9. The van der Waals surface area contributed by atoms with Crippen molar-refractivity contribution in [1.82, 2.24) is 10.2 Å². The average Bonchev–Trinajstić information content (AvgIpc) is 3.13. The molecule has 6 heteroatoms. The SMILES string of the molecule is O=C(COc1ccc(Cl)cc1)N(CC1CCCS1)C1CCCCN1. The van der Waals surface area contributed by atoms with Crippen LogP contribution in [0.4, 0.5) is 0 Å². The van der Waals surface area contributed by atoms with Crippen molar-refractivity contribution in [2.24, 2.45) is 0 Å². The van der Waals surface area contributed by atoms with Crippen molar-refractivity contribution in [2.75, 3.05) is 25.4 Å². The highest BCUT2D eigenvalue weighted by molar-refractivity contribution is 8.00. The van der Waals surface area contributed by atoms with Crippen LogP contribution in [0.25, 0.3) is 0 Å². The number of benzene rings is 1. The van der Waals surface area contributed by atoms with Crippen LogP contribution < -0.4 is 10.1 Å². The van der Waals surface area contributed by atoms with Gasteiger partial charge in [-0.1, -0.05) is 11.6 Å². The fourth-order valence-electron chi connectivity index (χ4n) is 3.27. The lowest BCUT2D eigenvalue weighted by Gasteiger charge is -2.36. The molecule has 2 fully saturated rings. The molecule has 2 unspecified atom stereocenters. The molecule has 0 spiro atoms. The van der Waals surface area contributed by atoms with E-state index in [4.69, 9.17) is 16.3 Å². The molecule has 1 aromatic carbocycles. The van der Waals surface area contributed by atoms with Crippen LogP contribution in [0.3, 0.4) is 0 Å². The Morgan fingerprint density at radius 2 is 2.08 bits per heavy atom. The van der Waals surface area contributed by atoms with Crippen molar-refractivity contribution >= 4 is 29.3 Å². The third-order valence-corrected chi connectivity index (χ3v) is 6.21. The van der Waals surface area contributed by atoms with Crippen molar-refractivity contribution in [1.29, 1.82) is 0 Å². The first-order valence-corrected chi connectivity index (χ1v) is 10.2. The van der Waals surface area contributed by atoms with Gasteiger partial charge in [-0.15, -0.1) is 0 Å². The number of carbonyl (C=O) groups excluding carboxylic acids is 1. The maximum Gasteiger partial charge on any atom is 0.261 e. The minimum atomic E-state index is 0.0665. The highest BCUT2D eigenvalue weighted by atomic mass is 35.5. The molecule has 3 rings (SSSR count). The molecule has 1 aromatic rings. The number of halogens is 1. The summed E-state index contributed by atoms with van der Waals surface area (Å²) in [4.78, 5) is 14.8. The molecule has 4 nitrogen and oxygen atoms in total. The van der Waals surface area contributed by atoms with Crippen LogP contribution in [0.1, 0.15) is 32.1 Å². The van der Waals surface area contributed by atoms with Gasteiger partial charge in [-0.25, -0.2) is 0 Å². The van der Waals surface area contributed by atoms with E-state index in [0.717, 1.165) is 19.5 Å². The van der Waals surface area contributed by atoms with E-state index in [9.17, 15) is 4.79 Å². The minimum absolute atomic E-state index is 0.0665. The lowest BCUT2D eigenvalue weighted by molar-refractivity contribution is -0.137. The molecule has 0 saturated carbocycles. The standard InChI is InChI=1S/C18H25ClN2O2S/c19-14-6-8-15(9-7-14)23-13-18(22)21(12-16-4-3-11-24-16)17-5-1-2-10-20-17/h6-9,16-17,20H,1-5,10-13H2. The van der Waals surface area contributed by atoms with Gasteiger partial charge in [0.05, 0.1) is 6.17 Å². The summed E-state index contributed by atoms with van der Waals surface area (Å²) in [5.74, 6) is 1.96. The van der Waals surface area contributed by atoms with Gasteiger partial charge in [0.25, 0.3) is 5.91 Å². The molecule has 24 heavy (non-hydrogen) atoms. The zero-order valence-corrected chi connectivity index (χ0v) is 15.5. The monoisotopic (exact) mass is 368 g/mol. The molecule has 2 aliphatic rings. The van der Waals surface area contributed by atoms with Gasteiger partial charge in [0, 0.05) is 16.8 Å². The molecule has 0 radical (unpaired) electrons. The van der Waals surface area contributed by atoms with Crippen molar-refractivity contribution < 1.29 is 9.53 Å². The number of rotatable bonds is 6. The van der Waals surface area contributed by atoms with Gasteiger partial charge >= 0.3 is 0 Å². The molecule has 1 amide bonds. The topological polar surface area (TPSA) is 41.6 Å². The molecule has 0 bridgehead atoms. The maximum absolute atomic E-state index is 12.8. The number of carbonyl (C=O) groups is 1. The molecule has 2 saturated heterocycles. The summed E-state index contributed by atoms with van der Waals surface area (Å²) in [5, 5.41) is 4.73. The number of nitrogens with one attached hydrogen (secondary N) is 1. The van der Waals surface area contributed by atoms with E-state index >= 15 is 0 Å². The number of hydrogen-bond donors (Lipinski definition) is 1. The van der Waals surface area contributed by atoms with Crippen LogP contribution in [-0.2, 0) is 4.79 Å². The first-order valence-electron chi connectivity index (χ1n) is 8.75. The second-order valence-electron chi connectivity index (χ2n) is 6.39. The molecule has 2 aliphatic heterocycles. The molecule has 2 atom stereocenters. The van der Waals surface area contributed by atoms with E-state index < -0.39 is 0 Å². The number of nitrogens with zero attached hydrogens (tertiary/aromatic N) is 1. The molecule has 1 N–H and O–H groups in total. The van der Waals surface area contributed by atoms with Crippen LogP contribution in [0, 0.1) is 0 Å². The molecular formula is C18H25ClN2O2S. The van der Waals surface area contributed by atoms with E-state index in [1.54, 1.807) is 24.3 Å². The number of piperidine rings is 1. The Morgan fingerprint density at radius 3 is 2.75 bits per heavy atom. The van der Waals surface area contributed by atoms with Crippen LogP contribution >= 0.6 is 23.4 Å². The summed E-state index contributed by atoms with van der Waals surface area (Å²) in [6.45, 7) is 1.90. The van der Waals surface area contributed by atoms with Crippen LogP contribution in [0.5, 0.6) is 5.75 Å². The second-order valence-corrected chi connectivity index (χ2v) is 8.23. The zero-order chi connectivity index (χ0) is 16.8. The smallest absolute Gasteiger partial charge is 0.261 e. The average molecular weight is 369 g/mol.